The minimum Gasteiger partial charge on any atom is -0.481 e. The van der Waals surface area contributed by atoms with Crippen molar-refractivity contribution in [2.24, 2.45) is 11.3 Å². The molecule has 0 spiro atoms. The van der Waals surface area contributed by atoms with Gasteiger partial charge in [-0.15, -0.1) is 0 Å². The molecular weight excluding hydrogens is 258 g/mol. The van der Waals surface area contributed by atoms with Crippen LogP contribution in [0.5, 0.6) is 0 Å². The Kier molecular flexibility index (Phi) is 5.99. The van der Waals surface area contributed by atoms with E-state index in [9.17, 15) is 9.59 Å². The van der Waals surface area contributed by atoms with Gasteiger partial charge in [0.1, 0.15) is 0 Å². The van der Waals surface area contributed by atoms with E-state index in [1.54, 1.807) is 0 Å². The molecule has 1 fully saturated rings. The van der Waals surface area contributed by atoms with Gasteiger partial charge in [-0.2, -0.15) is 0 Å². The van der Waals surface area contributed by atoms with Crippen molar-refractivity contribution in [1.29, 1.82) is 0 Å². The van der Waals surface area contributed by atoms with E-state index in [2.05, 4.69) is 5.32 Å². The van der Waals surface area contributed by atoms with Gasteiger partial charge in [0.2, 0.25) is 5.91 Å². The zero-order valence-electron chi connectivity index (χ0n) is 12.9. The molecule has 3 atom stereocenters. The topological polar surface area (TPSA) is 75.6 Å². The monoisotopic (exact) mass is 285 g/mol. The summed E-state index contributed by atoms with van der Waals surface area (Å²) in [7, 11) is 0. The Labute approximate surface area is 121 Å². The number of carboxylic acids is 1. The van der Waals surface area contributed by atoms with Crippen molar-refractivity contribution in [3.8, 4) is 0 Å². The normalized spacial score (nSPS) is 24.4. The van der Waals surface area contributed by atoms with Gasteiger partial charge in [-0.3, -0.25) is 9.59 Å². The van der Waals surface area contributed by atoms with Gasteiger partial charge < -0.3 is 15.2 Å². The molecule has 0 aromatic rings. The maximum absolute atomic E-state index is 12.3. The number of hydrogen-bond acceptors (Lipinski definition) is 3. The molecule has 1 saturated heterocycles. The van der Waals surface area contributed by atoms with Crippen LogP contribution in [0.3, 0.4) is 0 Å². The molecule has 2 N–H and O–H groups in total. The van der Waals surface area contributed by atoms with Crippen molar-refractivity contribution >= 4 is 11.9 Å². The molecular formula is C15H27NO4. The lowest BCUT2D eigenvalue weighted by Crippen LogP contribution is -2.43. The van der Waals surface area contributed by atoms with Gasteiger partial charge in [0.25, 0.3) is 0 Å². The summed E-state index contributed by atoms with van der Waals surface area (Å²) in [5.41, 5.74) is -0.0241. The predicted molar refractivity (Wildman–Crippen MR) is 76.4 cm³/mol. The highest BCUT2D eigenvalue weighted by molar-refractivity contribution is 5.80. The third-order valence-corrected chi connectivity index (χ3v) is 3.57. The summed E-state index contributed by atoms with van der Waals surface area (Å²) in [6, 6.07) is -0.321. The van der Waals surface area contributed by atoms with E-state index in [4.69, 9.17) is 9.84 Å². The SMILES string of the molecule is CCC1OCCC1C(=O)NC(CC(=O)O)CC(C)(C)C. The molecule has 5 heteroatoms. The molecule has 1 rings (SSSR count). The van der Waals surface area contributed by atoms with E-state index in [-0.39, 0.29) is 35.8 Å². The molecule has 0 aromatic heterocycles. The van der Waals surface area contributed by atoms with E-state index in [1.807, 2.05) is 27.7 Å². The van der Waals surface area contributed by atoms with Gasteiger partial charge in [0.15, 0.2) is 0 Å². The summed E-state index contributed by atoms with van der Waals surface area (Å²) >= 11 is 0. The third-order valence-electron chi connectivity index (χ3n) is 3.57. The van der Waals surface area contributed by atoms with Gasteiger partial charge in [0.05, 0.1) is 18.4 Å². The number of rotatable bonds is 6. The maximum Gasteiger partial charge on any atom is 0.305 e. The molecule has 0 aliphatic carbocycles. The van der Waals surface area contributed by atoms with Crippen LogP contribution in [-0.2, 0) is 14.3 Å². The lowest BCUT2D eigenvalue weighted by molar-refractivity contribution is -0.138. The lowest BCUT2D eigenvalue weighted by Gasteiger charge is -2.27. The van der Waals surface area contributed by atoms with Crippen molar-refractivity contribution in [2.45, 2.75) is 65.5 Å². The number of amides is 1. The van der Waals surface area contributed by atoms with Crippen molar-refractivity contribution in [2.75, 3.05) is 6.61 Å². The van der Waals surface area contributed by atoms with Gasteiger partial charge in [-0.25, -0.2) is 0 Å². The summed E-state index contributed by atoms with van der Waals surface area (Å²) < 4.78 is 5.52. The minimum absolute atomic E-state index is 0.0241. The molecule has 5 nitrogen and oxygen atoms in total. The Hall–Kier alpha value is -1.10. The number of hydrogen-bond donors (Lipinski definition) is 2. The van der Waals surface area contributed by atoms with Crippen molar-refractivity contribution < 1.29 is 19.4 Å². The Balaban J connectivity index is 2.63. The molecule has 0 radical (unpaired) electrons. The van der Waals surface area contributed by atoms with Crippen molar-refractivity contribution in [3.63, 3.8) is 0 Å². The second-order valence-corrected chi connectivity index (χ2v) is 6.78. The number of ether oxygens (including phenoxy) is 1. The second-order valence-electron chi connectivity index (χ2n) is 6.78. The van der Waals surface area contributed by atoms with Crippen LogP contribution in [-0.4, -0.2) is 35.7 Å². The summed E-state index contributed by atoms with van der Waals surface area (Å²) in [4.78, 5) is 23.3. The largest absolute Gasteiger partial charge is 0.481 e. The molecule has 3 unspecified atom stereocenters. The fourth-order valence-corrected chi connectivity index (χ4v) is 2.78. The van der Waals surface area contributed by atoms with Crippen LogP contribution >= 0.6 is 0 Å². The number of nitrogens with one attached hydrogen (secondary N) is 1. The van der Waals surface area contributed by atoms with Crippen LogP contribution in [0.4, 0.5) is 0 Å². The van der Waals surface area contributed by atoms with E-state index < -0.39 is 5.97 Å². The molecule has 0 saturated carbocycles. The van der Waals surface area contributed by atoms with Crippen LogP contribution < -0.4 is 5.32 Å². The number of carbonyl (C=O) groups is 2. The van der Waals surface area contributed by atoms with E-state index in [0.29, 0.717) is 13.0 Å². The molecule has 20 heavy (non-hydrogen) atoms. The second kappa shape index (κ2) is 7.07. The van der Waals surface area contributed by atoms with Crippen LogP contribution in [0.25, 0.3) is 0 Å². The first-order valence-corrected chi connectivity index (χ1v) is 7.36. The number of carbonyl (C=O) groups excluding carboxylic acids is 1. The maximum atomic E-state index is 12.3. The molecule has 116 valence electrons. The fourth-order valence-electron chi connectivity index (χ4n) is 2.78. The zero-order chi connectivity index (χ0) is 15.3. The van der Waals surface area contributed by atoms with Crippen molar-refractivity contribution in [3.05, 3.63) is 0 Å². The van der Waals surface area contributed by atoms with Gasteiger partial charge in [0, 0.05) is 12.6 Å². The Morgan fingerprint density at radius 2 is 2.05 bits per heavy atom. The summed E-state index contributed by atoms with van der Waals surface area (Å²) in [6.07, 6.45) is 2.11. The molecule has 0 aromatic carbocycles. The van der Waals surface area contributed by atoms with Gasteiger partial charge in [-0.1, -0.05) is 27.7 Å². The number of aliphatic carboxylic acids is 1. The minimum atomic E-state index is -0.880. The first-order valence-electron chi connectivity index (χ1n) is 7.36. The van der Waals surface area contributed by atoms with Crippen LogP contribution in [0.2, 0.25) is 0 Å². The van der Waals surface area contributed by atoms with Crippen LogP contribution in [0.1, 0.15) is 53.4 Å². The summed E-state index contributed by atoms with van der Waals surface area (Å²) in [5.74, 6) is -1.09. The van der Waals surface area contributed by atoms with E-state index in [1.165, 1.54) is 0 Å². The predicted octanol–water partition coefficient (Wildman–Crippen LogP) is 2.20. The van der Waals surface area contributed by atoms with Gasteiger partial charge >= 0.3 is 5.97 Å². The quantitative estimate of drug-likeness (QED) is 0.784. The fraction of sp³-hybridized carbons (Fsp3) is 0.867. The standard InChI is InChI=1S/C15H27NO4/c1-5-12-11(6-7-20-12)14(19)16-10(8-13(17)18)9-15(2,3)4/h10-12H,5-9H2,1-4H3,(H,16,19)(H,17,18). The lowest BCUT2D eigenvalue weighted by atomic mass is 9.86. The van der Waals surface area contributed by atoms with Crippen LogP contribution in [0.15, 0.2) is 0 Å². The molecule has 1 aliphatic heterocycles. The summed E-state index contributed by atoms with van der Waals surface area (Å²) in [5, 5.41) is 11.9. The first-order chi connectivity index (χ1) is 9.23. The zero-order valence-corrected chi connectivity index (χ0v) is 12.9. The third kappa shape index (κ3) is 5.49. The Morgan fingerprint density at radius 3 is 2.55 bits per heavy atom. The smallest absolute Gasteiger partial charge is 0.305 e. The van der Waals surface area contributed by atoms with E-state index >= 15 is 0 Å². The van der Waals surface area contributed by atoms with Gasteiger partial charge in [-0.05, 0) is 24.7 Å². The van der Waals surface area contributed by atoms with Crippen LogP contribution in [0, 0.1) is 11.3 Å². The van der Waals surface area contributed by atoms with Crippen molar-refractivity contribution in [1.82, 2.24) is 5.32 Å². The molecule has 0 bridgehead atoms. The summed E-state index contributed by atoms with van der Waals surface area (Å²) in [6.45, 7) is 8.74. The van der Waals surface area contributed by atoms with E-state index in [0.717, 1.165) is 12.8 Å². The first kappa shape index (κ1) is 17.0. The Morgan fingerprint density at radius 1 is 1.40 bits per heavy atom. The molecule has 1 amide bonds. The molecule has 1 aliphatic rings. The Bertz CT molecular complexity index is 348. The highest BCUT2D eigenvalue weighted by Gasteiger charge is 2.34. The average molecular weight is 285 g/mol. The number of carboxylic acid groups (broad SMARTS) is 1. The molecule has 1 heterocycles. The highest BCUT2D eigenvalue weighted by atomic mass is 16.5. The highest BCUT2D eigenvalue weighted by Crippen LogP contribution is 2.26. The average Bonchev–Trinajstić information content (AvgIpc) is 2.73.